The number of aromatic nitrogens is 5. The molecule has 2 aromatic heterocycles. The Kier molecular flexibility index (Phi) is 4.60. The van der Waals surface area contributed by atoms with Crippen molar-refractivity contribution in [1.29, 1.82) is 0 Å². The lowest BCUT2D eigenvalue weighted by molar-refractivity contribution is 0.596. The molecular formula is C11H16FN7. The van der Waals surface area contributed by atoms with E-state index in [1.165, 1.54) is 0 Å². The average molecular weight is 265 g/mol. The predicted molar refractivity (Wildman–Crippen MR) is 69.3 cm³/mol. The van der Waals surface area contributed by atoms with Gasteiger partial charge in [-0.3, -0.25) is 4.68 Å². The Labute approximate surface area is 110 Å². The molecule has 8 heteroatoms. The van der Waals surface area contributed by atoms with Gasteiger partial charge < -0.3 is 10.6 Å². The van der Waals surface area contributed by atoms with Gasteiger partial charge in [0.15, 0.2) is 11.6 Å². The van der Waals surface area contributed by atoms with Crippen molar-refractivity contribution in [3.63, 3.8) is 0 Å². The van der Waals surface area contributed by atoms with E-state index in [9.17, 15) is 4.39 Å². The highest BCUT2D eigenvalue weighted by molar-refractivity contribution is 5.40. The molecule has 0 bridgehead atoms. The molecule has 102 valence electrons. The Bertz CT molecular complexity index is 500. The van der Waals surface area contributed by atoms with E-state index in [0.29, 0.717) is 19.0 Å². The number of nitrogens with zero attached hydrogens (tertiary/aromatic N) is 5. The summed E-state index contributed by atoms with van der Waals surface area (Å²) in [6, 6.07) is 0. The highest BCUT2D eigenvalue weighted by Crippen LogP contribution is 2.11. The van der Waals surface area contributed by atoms with E-state index >= 15 is 0 Å². The predicted octanol–water partition coefficient (Wildman–Crippen LogP) is 1.14. The molecule has 0 radical (unpaired) electrons. The number of anilines is 2. The molecule has 0 aromatic carbocycles. The molecule has 0 saturated heterocycles. The fraction of sp³-hybridized carbons (Fsp3) is 0.455. The third-order valence-electron chi connectivity index (χ3n) is 2.38. The van der Waals surface area contributed by atoms with Crippen LogP contribution in [0.3, 0.4) is 0 Å². The summed E-state index contributed by atoms with van der Waals surface area (Å²) in [4.78, 5) is 7.94. The third kappa shape index (κ3) is 3.87. The molecule has 19 heavy (non-hydrogen) atoms. The SMILES string of the molecule is CCCNc1ncc(F)c(NCCn2ccnn2)n1. The molecule has 0 unspecified atom stereocenters. The van der Waals surface area contributed by atoms with Crippen LogP contribution in [0.25, 0.3) is 0 Å². The van der Waals surface area contributed by atoms with Crippen LogP contribution in [-0.4, -0.2) is 38.1 Å². The first kappa shape index (κ1) is 13.2. The Morgan fingerprint density at radius 1 is 1.32 bits per heavy atom. The van der Waals surface area contributed by atoms with Crippen molar-refractivity contribution in [2.45, 2.75) is 19.9 Å². The topological polar surface area (TPSA) is 80.5 Å². The highest BCUT2D eigenvalue weighted by Gasteiger charge is 2.06. The largest absolute Gasteiger partial charge is 0.366 e. The molecule has 2 rings (SSSR count). The second-order valence-electron chi connectivity index (χ2n) is 3.91. The van der Waals surface area contributed by atoms with Crippen LogP contribution in [0.5, 0.6) is 0 Å². The smallest absolute Gasteiger partial charge is 0.224 e. The van der Waals surface area contributed by atoms with Gasteiger partial charge in [-0.2, -0.15) is 4.98 Å². The lowest BCUT2D eigenvalue weighted by Crippen LogP contribution is -2.14. The van der Waals surface area contributed by atoms with Crippen molar-refractivity contribution in [1.82, 2.24) is 25.0 Å². The zero-order valence-electron chi connectivity index (χ0n) is 10.7. The van der Waals surface area contributed by atoms with Crippen LogP contribution >= 0.6 is 0 Å². The van der Waals surface area contributed by atoms with Crippen molar-refractivity contribution < 1.29 is 4.39 Å². The van der Waals surface area contributed by atoms with Gasteiger partial charge in [-0.05, 0) is 6.42 Å². The summed E-state index contributed by atoms with van der Waals surface area (Å²) in [5.41, 5.74) is 0. The molecule has 0 saturated carbocycles. The maximum Gasteiger partial charge on any atom is 0.224 e. The zero-order valence-corrected chi connectivity index (χ0v) is 10.7. The van der Waals surface area contributed by atoms with Gasteiger partial charge in [0.2, 0.25) is 5.95 Å². The molecule has 2 aromatic rings. The monoisotopic (exact) mass is 265 g/mol. The fourth-order valence-electron chi connectivity index (χ4n) is 1.45. The minimum atomic E-state index is -0.472. The van der Waals surface area contributed by atoms with E-state index in [4.69, 9.17) is 0 Å². The Hall–Kier alpha value is -2.25. The van der Waals surface area contributed by atoms with E-state index in [-0.39, 0.29) is 5.82 Å². The molecule has 2 heterocycles. The number of hydrogen-bond donors (Lipinski definition) is 2. The van der Waals surface area contributed by atoms with E-state index in [1.807, 2.05) is 6.92 Å². The zero-order chi connectivity index (χ0) is 13.5. The highest BCUT2D eigenvalue weighted by atomic mass is 19.1. The molecule has 0 aliphatic carbocycles. The second-order valence-corrected chi connectivity index (χ2v) is 3.91. The van der Waals surface area contributed by atoms with Gasteiger partial charge in [0.25, 0.3) is 0 Å². The van der Waals surface area contributed by atoms with Crippen molar-refractivity contribution in [2.75, 3.05) is 23.7 Å². The van der Waals surface area contributed by atoms with Crippen LogP contribution in [0.15, 0.2) is 18.6 Å². The van der Waals surface area contributed by atoms with Crippen molar-refractivity contribution in [3.8, 4) is 0 Å². The normalized spacial score (nSPS) is 10.4. The van der Waals surface area contributed by atoms with Gasteiger partial charge >= 0.3 is 0 Å². The van der Waals surface area contributed by atoms with E-state index < -0.39 is 5.82 Å². The summed E-state index contributed by atoms with van der Waals surface area (Å²) in [6.07, 6.45) is 5.45. The lowest BCUT2D eigenvalue weighted by atomic mass is 10.5. The lowest BCUT2D eigenvalue weighted by Gasteiger charge is -2.08. The Morgan fingerprint density at radius 2 is 2.21 bits per heavy atom. The molecule has 0 aliphatic heterocycles. The van der Waals surface area contributed by atoms with Crippen molar-refractivity contribution in [2.24, 2.45) is 0 Å². The number of hydrogen-bond acceptors (Lipinski definition) is 6. The van der Waals surface area contributed by atoms with Crippen LogP contribution < -0.4 is 10.6 Å². The molecule has 7 nitrogen and oxygen atoms in total. The molecular weight excluding hydrogens is 249 g/mol. The molecule has 2 N–H and O–H groups in total. The summed E-state index contributed by atoms with van der Waals surface area (Å²) in [5, 5.41) is 13.4. The van der Waals surface area contributed by atoms with Crippen LogP contribution in [0, 0.1) is 5.82 Å². The minimum Gasteiger partial charge on any atom is -0.366 e. The first-order chi connectivity index (χ1) is 9.29. The third-order valence-corrected chi connectivity index (χ3v) is 2.38. The molecule has 0 aliphatic rings. The number of rotatable bonds is 7. The van der Waals surface area contributed by atoms with Crippen molar-refractivity contribution >= 4 is 11.8 Å². The first-order valence-electron chi connectivity index (χ1n) is 6.14. The fourth-order valence-corrected chi connectivity index (χ4v) is 1.45. The van der Waals surface area contributed by atoms with Gasteiger partial charge in [0, 0.05) is 19.3 Å². The van der Waals surface area contributed by atoms with Gasteiger partial charge in [-0.25, -0.2) is 9.37 Å². The van der Waals surface area contributed by atoms with Crippen LogP contribution in [-0.2, 0) is 6.54 Å². The van der Waals surface area contributed by atoms with Crippen molar-refractivity contribution in [3.05, 3.63) is 24.4 Å². The maximum absolute atomic E-state index is 13.5. The second kappa shape index (κ2) is 6.62. The molecule has 0 fully saturated rings. The van der Waals surface area contributed by atoms with E-state index in [1.54, 1.807) is 17.1 Å². The number of halogens is 1. The summed E-state index contributed by atoms with van der Waals surface area (Å²) in [5.74, 6) is 0.140. The van der Waals surface area contributed by atoms with Gasteiger partial charge in [0.05, 0.1) is 18.9 Å². The summed E-state index contributed by atoms with van der Waals surface area (Å²) < 4.78 is 15.2. The van der Waals surface area contributed by atoms with E-state index in [2.05, 4.69) is 30.9 Å². The van der Waals surface area contributed by atoms with Gasteiger partial charge in [-0.1, -0.05) is 12.1 Å². The minimum absolute atomic E-state index is 0.189. The Balaban J connectivity index is 1.90. The first-order valence-corrected chi connectivity index (χ1v) is 6.14. The van der Waals surface area contributed by atoms with Crippen LogP contribution in [0.1, 0.15) is 13.3 Å². The van der Waals surface area contributed by atoms with Gasteiger partial charge in [-0.15, -0.1) is 5.10 Å². The Morgan fingerprint density at radius 3 is 2.95 bits per heavy atom. The van der Waals surface area contributed by atoms with E-state index in [0.717, 1.165) is 19.2 Å². The maximum atomic E-state index is 13.5. The average Bonchev–Trinajstić information content (AvgIpc) is 2.92. The standard InChI is InChI=1S/C11H16FN7/c1-2-3-14-11-15-8-9(12)10(17-11)13-4-6-19-7-5-16-18-19/h5,7-8H,2-4,6H2,1H3,(H2,13,14,15,17). The molecule has 0 spiro atoms. The van der Waals surface area contributed by atoms with Gasteiger partial charge in [0.1, 0.15) is 0 Å². The molecule has 0 amide bonds. The van der Waals surface area contributed by atoms with Crippen LogP contribution in [0.4, 0.5) is 16.2 Å². The summed E-state index contributed by atoms with van der Waals surface area (Å²) in [7, 11) is 0. The molecule has 0 atom stereocenters. The number of nitrogens with one attached hydrogen (secondary N) is 2. The summed E-state index contributed by atoms with van der Waals surface area (Å²) >= 11 is 0. The van der Waals surface area contributed by atoms with Crippen LogP contribution in [0.2, 0.25) is 0 Å². The summed E-state index contributed by atoms with van der Waals surface area (Å²) in [6.45, 7) is 3.88. The quantitative estimate of drug-likeness (QED) is 0.781.